The molecule has 0 heterocycles. The first-order chi connectivity index (χ1) is 12.9. The van der Waals surface area contributed by atoms with Gasteiger partial charge in [-0.1, -0.05) is 85.2 Å². The maximum atomic E-state index is 2.88. The molecule has 156 valence electrons. The maximum Gasteiger partial charge on any atom is 0.0541 e. The number of hydrogen-bond acceptors (Lipinski definition) is 0. The molecule has 0 N–H and O–H groups in total. The summed E-state index contributed by atoms with van der Waals surface area (Å²) in [5, 5.41) is 0. The zero-order valence-electron chi connectivity index (χ0n) is 19.2. The lowest BCUT2D eigenvalue weighted by molar-refractivity contribution is 0.179. The Labute approximate surface area is 171 Å². The Hall–Kier alpha value is 0.217. The minimum absolute atomic E-state index is 0.986. The van der Waals surface area contributed by atoms with Crippen molar-refractivity contribution in [2.75, 3.05) is 0 Å². The molecule has 0 aromatic carbocycles. The van der Waals surface area contributed by atoms with Gasteiger partial charge in [-0.05, 0) is 78.2 Å². The van der Waals surface area contributed by atoms with Gasteiger partial charge < -0.3 is 0 Å². The average Bonchev–Trinajstić information content (AvgIpc) is 3.22. The van der Waals surface area contributed by atoms with Crippen molar-refractivity contribution in [1.82, 2.24) is 0 Å². The molecule has 0 radical (unpaired) electrons. The molecule has 4 fully saturated rings. The Morgan fingerprint density at radius 3 is 1.93 bits per heavy atom. The second-order valence-electron chi connectivity index (χ2n) is 12.1. The van der Waals surface area contributed by atoms with E-state index in [1.54, 1.807) is 51.4 Å². The second-order valence-corrected chi connectivity index (χ2v) is 17.3. The smallest absolute Gasteiger partial charge is 0.0541 e. The zero-order chi connectivity index (χ0) is 19.2. The van der Waals surface area contributed by atoms with Crippen molar-refractivity contribution in [3.05, 3.63) is 0 Å². The summed E-state index contributed by atoms with van der Waals surface area (Å²) in [6.45, 7) is 13.4. The summed E-state index contributed by atoms with van der Waals surface area (Å²) in [6, 6.07) is 0. The quantitative estimate of drug-likeness (QED) is 0.414. The summed E-state index contributed by atoms with van der Waals surface area (Å²) < 4.78 is 0. The Balaban J connectivity index is 1.57. The summed E-state index contributed by atoms with van der Waals surface area (Å²) in [5.41, 5.74) is 2.32. The molecule has 4 rings (SSSR count). The lowest BCUT2D eigenvalue weighted by atomic mass is 9.73. The van der Waals surface area contributed by atoms with Gasteiger partial charge in [0.15, 0.2) is 0 Å². The largest absolute Gasteiger partial charge is 0.0689 e. The van der Waals surface area contributed by atoms with Crippen LogP contribution in [0.5, 0.6) is 0 Å². The van der Waals surface area contributed by atoms with E-state index in [0.717, 1.165) is 52.5 Å². The van der Waals surface area contributed by atoms with Crippen LogP contribution in [0.15, 0.2) is 0 Å². The van der Waals surface area contributed by atoms with Crippen molar-refractivity contribution in [2.45, 2.75) is 122 Å². The van der Waals surface area contributed by atoms with E-state index < -0.39 is 8.07 Å². The molecule has 9 atom stereocenters. The molecular weight excluding hydrogens is 340 g/mol. The van der Waals surface area contributed by atoms with Gasteiger partial charge in [-0.25, -0.2) is 0 Å². The van der Waals surface area contributed by atoms with Gasteiger partial charge in [-0.2, -0.15) is 0 Å². The highest BCUT2D eigenvalue weighted by Crippen LogP contribution is 2.64. The minimum atomic E-state index is -1.21. The van der Waals surface area contributed by atoms with Crippen LogP contribution in [-0.4, -0.2) is 8.07 Å². The molecular formula is C26H48Si. The highest BCUT2D eigenvalue weighted by molar-refractivity contribution is 6.80. The number of fused-ring (bicyclic) bond motifs is 2. The molecule has 0 saturated heterocycles. The summed E-state index contributed by atoms with van der Waals surface area (Å²) >= 11 is 0. The highest BCUT2D eigenvalue weighted by Gasteiger charge is 2.57. The van der Waals surface area contributed by atoms with Crippen molar-refractivity contribution < 1.29 is 0 Å². The molecule has 0 aromatic heterocycles. The average molecular weight is 389 g/mol. The van der Waals surface area contributed by atoms with E-state index in [4.69, 9.17) is 0 Å². The van der Waals surface area contributed by atoms with E-state index in [-0.39, 0.29) is 0 Å². The molecule has 0 aromatic rings. The topological polar surface area (TPSA) is 0 Å². The molecule has 0 aliphatic heterocycles. The van der Waals surface area contributed by atoms with Crippen LogP contribution in [0.25, 0.3) is 0 Å². The number of hydrogen-bond donors (Lipinski definition) is 0. The molecule has 0 nitrogen and oxygen atoms in total. The standard InChI is InChI=1S/C26H48Si/c1-6-11-18(2)24-17-26(23-15-10-8-13-21(23)24)27(4,5)25-16-19(3)20-12-7-9-14-22(20)25/h18-26H,6-17H2,1-5H3. The van der Waals surface area contributed by atoms with Gasteiger partial charge in [-0.15, -0.1) is 0 Å². The predicted octanol–water partition coefficient (Wildman–Crippen LogP) is 8.54. The molecule has 0 spiro atoms. The van der Waals surface area contributed by atoms with Gasteiger partial charge in [-0.3, -0.25) is 0 Å². The van der Waals surface area contributed by atoms with Crippen molar-refractivity contribution in [2.24, 2.45) is 41.4 Å². The molecule has 0 amide bonds. The van der Waals surface area contributed by atoms with E-state index in [1.807, 2.05) is 0 Å². The molecule has 4 aliphatic rings. The van der Waals surface area contributed by atoms with Crippen molar-refractivity contribution >= 4 is 8.07 Å². The van der Waals surface area contributed by atoms with Crippen LogP contribution in [0, 0.1) is 41.4 Å². The molecule has 1 heteroatoms. The lowest BCUT2D eigenvalue weighted by Crippen LogP contribution is -2.43. The van der Waals surface area contributed by atoms with Crippen molar-refractivity contribution in [3.8, 4) is 0 Å². The Kier molecular flexibility index (Phi) is 6.19. The fourth-order valence-corrected chi connectivity index (χ4v) is 14.8. The Morgan fingerprint density at radius 1 is 0.778 bits per heavy atom. The first-order valence-corrected chi connectivity index (χ1v) is 16.1. The fraction of sp³-hybridized carbons (Fsp3) is 1.00. The molecule has 0 bridgehead atoms. The van der Waals surface area contributed by atoms with Crippen LogP contribution < -0.4 is 0 Å². The molecule has 27 heavy (non-hydrogen) atoms. The summed E-state index contributed by atoms with van der Waals surface area (Å²) in [7, 11) is -1.21. The second kappa shape index (κ2) is 8.15. The van der Waals surface area contributed by atoms with Gasteiger partial charge in [0.25, 0.3) is 0 Å². The van der Waals surface area contributed by atoms with Gasteiger partial charge in [0, 0.05) is 0 Å². The van der Waals surface area contributed by atoms with Crippen LogP contribution in [0.4, 0.5) is 0 Å². The third-order valence-electron chi connectivity index (χ3n) is 10.6. The van der Waals surface area contributed by atoms with Crippen molar-refractivity contribution in [1.29, 1.82) is 0 Å². The van der Waals surface area contributed by atoms with Crippen LogP contribution in [0.1, 0.15) is 97.8 Å². The molecule has 9 unspecified atom stereocenters. The van der Waals surface area contributed by atoms with Crippen LogP contribution in [-0.2, 0) is 0 Å². The van der Waals surface area contributed by atoms with Crippen molar-refractivity contribution in [3.63, 3.8) is 0 Å². The maximum absolute atomic E-state index is 2.88. The lowest BCUT2D eigenvalue weighted by Gasteiger charge is -2.45. The third kappa shape index (κ3) is 3.61. The van der Waals surface area contributed by atoms with Gasteiger partial charge in [0.05, 0.1) is 8.07 Å². The summed E-state index contributed by atoms with van der Waals surface area (Å²) in [4.78, 5) is 0. The van der Waals surface area contributed by atoms with Crippen LogP contribution >= 0.6 is 0 Å². The summed E-state index contributed by atoms with van der Waals surface area (Å²) in [5.74, 6) is 7.57. The molecule has 4 saturated carbocycles. The third-order valence-corrected chi connectivity index (χ3v) is 15.8. The van der Waals surface area contributed by atoms with E-state index in [1.165, 1.54) is 25.7 Å². The predicted molar refractivity (Wildman–Crippen MR) is 122 cm³/mol. The van der Waals surface area contributed by atoms with Gasteiger partial charge in [0.1, 0.15) is 0 Å². The normalized spacial score (nSPS) is 46.1. The van der Waals surface area contributed by atoms with Crippen LogP contribution in [0.2, 0.25) is 24.2 Å². The first-order valence-electron chi connectivity index (χ1n) is 12.9. The summed E-state index contributed by atoms with van der Waals surface area (Å²) in [6.07, 6.45) is 18.6. The Bertz CT molecular complexity index is 496. The first kappa shape index (κ1) is 20.5. The van der Waals surface area contributed by atoms with E-state index >= 15 is 0 Å². The fourth-order valence-electron chi connectivity index (χ4n) is 9.32. The SMILES string of the molecule is CCCC(C)C1CC([Si](C)(C)C2CC(C)C3CCCCC32)C2CCCCC12. The van der Waals surface area contributed by atoms with Crippen LogP contribution in [0.3, 0.4) is 0 Å². The molecule has 4 aliphatic carbocycles. The number of rotatable bonds is 5. The van der Waals surface area contributed by atoms with E-state index in [0.29, 0.717) is 0 Å². The monoisotopic (exact) mass is 388 g/mol. The van der Waals surface area contributed by atoms with E-state index in [2.05, 4.69) is 33.9 Å². The van der Waals surface area contributed by atoms with Gasteiger partial charge >= 0.3 is 0 Å². The zero-order valence-corrected chi connectivity index (χ0v) is 20.2. The minimum Gasteiger partial charge on any atom is -0.0689 e. The highest BCUT2D eigenvalue weighted by atomic mass is 28.3. The van der Waals surface area contributed by atoms with Gasteiger partial charge in [0.2, 0.25) is 0 Å². The van der Waals surface area contributed by atoms with E-state index in [9.17, 15) is 0 Å². The Morgan fingerprint density at radius 2 is 1.30 bits per heavy atom.